The molecule has 1 aromatic rings. The summed E-state index contributed by atoms with van der Waals surface area (Å²) >= 11 is 0. The zero-order valence-corrected chi connectivity index (χ0v) is 8.19. The molecule has 0 saturated heterocycles. The molecule has 5 heteroatoms. The summed E-state index contributed by atoms with van der Waals surface area (Å²) in [5.74, 6) is 0. The molecule has 1 saturated carbocycles. The van der Waals surface area contributed by atoms with Crippen LogP contribution in [-0.4, -0.2) is 9.55 Å². The Kier molecular flexibility index (Phi) is 2.42. The second kappa shape index (κ2) is 3.73. The topological polar surface area (TPSA) is 78.7 Å². The van der Waals surface area contributed by atoms with Crippen LogP contribution in [0.1, 0.15) is 37.3 Å². The minimum absolute atomic E-state index is 0.00139. The second-order valence-corrected chi connectivity index (χ2v) is 3.76. The number of hydrogen-bond acceptors (Lipinski definition) is 3. The zero-order valence-electron chi connectivity index (χ0n) is 8.19. The van der Waals surface area contributed by atoms with Crippen LogP contribution >= 0.6 is 0 Å². The molecular weight excluding hydrogens is 194 g/mol. The summed E-state index contributed by atoms with van der Waals surface area (Å²) < 4.78 is 1.48. The van der Waals surface area contributed by atoms with Gasteiger partial charge in [0, 0.05) is 12.2 Å². The van der Waals surface area contributed by atoms with E-state index in [4.69, 9.17) is 5.26 Å². The lowest BCUT2D eigenvalue weighted by Gasteiger charge is -2.12. The Morgan fingerprint density at radius 3 is 2.67 bits per heavy atom. The van der Waals surface area contributed by atoms with E-state index < -0.39 is 11.2 Å². The fraction of sp³-hybridized carbons (Fsp3) is 0.500. The van der Waals surface area contributed by atoms with Crippen LogP contribution in [0.15, 0.2) is 15.8 Å². The molecule has 1 aliphatic rings. The molecule has 1 aromatic heterocycles. The molecule has 2 rings (SSSR count). The minimum Gasteiger partial charge on any atom is -0.296 e. The maximum Gasteiger partial charge on any atom is 0.328 e. The monoisotopic (exact) mass is 205 g/mol. The lowest BCUT2D eigenvalue weighted by Crippen LogP contribution is -2.32. The predicted molar refractivity (Wildman–Crippen MR) is 53.5 cm³/mol. The lowest BCUT2D eigenvalue weighted by atomic mass is 10.2. The highest BCUT2D eigenvalue weighted by Crippen LogP contribution is 2.27. The van der Waals surface area contributed by atoms with Gasteiger partial charge >= 0.3 is 5.69 Å². The predicted octanol–water partition coefficient (Wildman–Crippen LogP) is 0.523. The van der Waals surface area contributed by atoms with Crippen molar-refractivity contribution in [1.29, 1.82) is 5.26 Å². The normalized spacial score (nSPS) is 16.5. The van der Waals surface area contributed by atoms with Crippen LogP contribution in [0, 0.1) is 11.3 Å². The molecule has 0 spiro atoms. The Balaban J connectivity index is 2.52. The Bertz CT molecular complexity index is 515. The highest BCUT2D eigenvalue weighted by atomic mass is 16.2. The van der Waals surface area contributed by atoms with E-state index in [0.29, 0.717) is 0 Å². The number of nitrogens with one attached hydrogen (secondary N) is 1. The zero-order chi connectivity index (χ0) is 10.8. The fourth-order valence-corrected chi connectivity index (χ4v) is 2.02. The number of aromatic amines is 1. The number of hydrogen-bond donors (Lipinski definition) is 1. The fourth-order valence-electron chi connectivity index (χ4n) is 2.02. The highest BCUT2D eigenvalue weighted by Gasteiger charge is 2.18. The molecule has 0 radical (unpaired) electrons. The molecule has 0 atom stereocenters. The van der Waals surface area contributed by atoms with Gasteiger partial charge in [0.15, 0.2) is 0 Å². The van der Waals surface area contributed by atoms with Gasteiger partial charge in [-0.25, -0.2) is 4.79 Å². The molecule has 0 amide bonds. The summed E-state index contributed by atoms with van der Waals surface area (Å²) in [4.78, 5) is 24.8. The van der Waals surface area contributed by atoms with Crippen molar-refractivity contribution in [2.24, 2.45) is 0 Å². The van der Waals surface area contributed by atoms with Crippen molar-refractivity contribution < 1.29 is 0 Å². The van der Waals surface area contributed by atoms with Gasteiger partial charge in [0.2, 0.25) is 0 Å². The average molecular weight is 205 g/mol. The summed E-state index contributed by atoms with van der Waals surface area (Å²) in [5.41, 5.74) is -1.01. The number of nitrogens with zero attached hydrogens (tertiary/aromatic N) is 2. The third-order valence-electron chi connectivity index (χ3n) is 2.81. The van der Waals surface area contributed by atoms with Crippen LogP contribution in [0.2, 0.25) is 0 Å². The molecule has 1 N–H and O–H groups in total. The standard InChI is InChI=1S/C10H11N3O2/c11-5-7-6-13(8-3-1-2-4-8)10(15)12-9(7)14/h6,8H,1-4H2,(H,12,14,15). The van der Waals surface area contributed by atoms with Crippen molar-refractivity contribution in [3.8, 4) is 6.07 Å². The lowest BCUT2D eigenvalue weighted by molar-refractivity contribution is 0.490. The molecular formula is C10H11N3O2. The van der Waals surface area contributed by atoms with Gasteiger partial charge in [0.05, 0.1) is 0 Å². The van der Waals surface area contributed by atoms with Gasteiger partial charge in [0.1, 0.15) is 11.6 Å². The van der Waals surface area contributed by atoms with E-state index in [1.807, 2.05) is 0 Å². The van der Waals surface area contributed by atoms with Gasteiger partial charge in [-0.3, -0.25) is 14.3 Å². The molecule has 0 aliphatic heterocycles. The summed E-state index contributed by atoms with van der Waals surface area (Å²) in [6, 6.07) is 1.92. The van der Waals surface area contributed by atoms with E-state index in [2.05, 4.69) is 4.98 Å². The quantitative estimate of drug-likeness (QED) is 0.726. The van der Waals surface area contributed by atoms with Gasteiger partial charge < -0.3 is 0 Å². The molecule has 78 valence electrons. The summed E-state index contributed by atoms with van der Waals surface area (Å²) in [7, 11) is 0. The third kappa shape index (κ3) is 1.71. The third-order valence-corrected chi connectivity index (χ3v) is 2.81. The van der Waals surface area contributed by atoms with E-state index in [1.54, 1.807) is 6.07 Å². The molecule has 0 aromatic carbocycles. The Morgan fingerprint density at radius 2 is 2.07 bits per heavy atom. The first-order chi connectivity index (χ1) is 7.22. The second-order valence-electron chi connectivity index (χ2n) is 3.76. The first kappa shape index (κ1) is 9.71. The van der Waals surface area contributed by atoms with Crippen LogP contribution in [0.4, 0.5) is 0 Å². The molecule has 5 nitrogen and oxygen atoms in total. The van der Waals surface area contributed by atoms with Crippen molar-refractivity contribution in [1.82, 2.24) is 9.55 Å². The molecule has 0 bridgehead atoms. The molecule has 1 heterocycles. The number of nitriles is 1. The van der Waals surface area contributed by atoms with Crippen molar-refractivity contribution in [2.75, 3.05) is 0 Å². The molecule has 15 heavy (non-hydrogen) atoms. The molecule has 1 fully saturated rings. The van der Waals surface area contributed by atoms with E-state index in [-0.39, 0.29) is 11.6 Å². The van der Waals surface area contributed by atoms with Gasteiger partial charge in [0.25, 0.3) is 5.56 Å². The highest BCUT2D eigenvalue weighted by molar-refractivity contribution is 5.21. The SMILES string of the molecule is N#Cc1cn(C2CCCC2)c(=O)[nH]c1=O. The Labute approximate surface area is 86.0 Å². The first-order valence-electron chi connectivity index (χ1n) is 4.98. The van der Waals surface area contributed by atoms with E-state index in [1.165, 1.54) is 10.8 Å². The Morgan fingerprint density at radius 1 is 1.40 bits per heavy atom. The van der Waals surface area contributed by atoms with E-state index in [0.717, 1.165) is 25.7 Å². The van der Waals surface area contributed by atoms with Crippen LogP contribution in [0.5, 0.6) is 0 Å². The number of aromatic nitrogens is 2. The van der Waals surface area contributed by atoms with Crippen LogP contribution in [0.3, 0.4) is 0 Å². The maximum absolute atomic E-state index is 11.5. The first-order valence-corrected chi connectivity index (χ1v) is 4.98. The van der Waals surface area contributed by atoms with Crippen molar-refractivity contribution in [3.63, 3.8) is 0 Å². The summed E-state index contributed by atoms with van der Waals surface area (Å²) in [5, 5.41) is 8.69. The van der Waals surface area contributed by atoms with E-state index >= 15 is 0 Å². The molecule has 0 unspecified atom stereocenters. The van der Waals surface area contributed by atoms with Crippen molar-refractivity contribution >= 4 is 0 Å². The van der Waals surface area contributed by atoms with Crippen LogP contribution in [-0.2, 0) is 0 Å². The van der Waals surface area contributed by atoms with E-state index in [9.17, 15) is 9.59 Å². The maximum atomic E-state index is 11.5. The van der Waals surface area contributed by atoms with Gasteiger partial charge in [-0.2, -0.15) is 5.26 Å². The largest absolute Gasteiger partial charge is 0.328 e. The summed E-state index contributed by atoms with van der Waals surface area (Å²) in [6.07, 6.45) is 5.45. The van der Waals surface area contributed by atoms with Gasteiger partial charge in [-0.15, -0.1) is 0 Å². The minimum atomic E-state index is -0.600. The number of H-pyrrole nitrogens is 1. The van der Waals surface area contributed by atoms with Crippen molar-refractivity contribution in [2.45, 2.75) is 31.7 Å². The van der Waals surface area contributed by atoms with Crippen LogP contribution < -0.4 is 11.2 Å². The smallest absolute Gasteiger partial charge is 0.296 e. The molecule has 1 aliphatic carbocycles. The van der Waals surface area contributed by atoms with Gasteiger partial charge in [-0.1, -0.05) is 12.8 Å². The average Bonchev–Trinajstić information content (AvgIpc) is 2.71. The Hall–Kier alpha value is -1.83. The summed E-state index contributed by atoms with van der Waals surface area (Å²) in [6.45, 7) is 0. The van der Waals surface area contributed by atoms with Crippen LogP contribution in [0.25, 0.3) is 0 Å². The van der Waals surface area contributed by atoms with Gasteiger partial charge in [-0.05, 0) is 12.8 Å². The number of rotatable bonds is 1. The van der Waals surface area contributed by atoms with Crippen molar-refractivity contribution in [3.05, 3.63) is 32.6 Å².